The Kier molecular flexibility index (Phi) is 3.06. The Bertz CT molecular complexity index is 545. The molecule has 0 bridgehead atoms. The number of fused-ring (bicyclic) bond motifs is 1. The zero-order valence-electron chi connectivity index (χ0n) is 9.39. The average Bonchev–Trinajstić information content (AvgIpc) is 2.33. The first-order chi connectivity index (χ1) is 7.72. The minimum Gasteiger partial charge on any atom is -0.330 e. The van der Waals surface area contributed by atoms with Gasteiger partial charge < -0.3 is 10.3 Å². The first-order valence-electron chi connectivity index (χ1n) is 5.50. The summed E-state index contributed by atoms with van der Waals surface area (Å²) in [7, 11) is 0. The SMILES string of the molecule is CC(CN)Cn1ccc2ccccc2c1=O. The van der Waals surface area contributed by atoms with E-state index in [0.29, 0.717) is 19.0 Å². The van der Waals surface area contributed by atoms with Crippen molar-refractivity contribution in [2.24, 2.45) is 11.7 Å². The zero-order chi connectivity index (χ0) is 11.5. The molecule has 2 rings (SSSR count). The van der Waals surface area contributed by atoms with Gasteiger partial charge in [-0.05, 0) is 30.0 Å². The summed E-state index contributed by atoms with van der Waals surface area (Å²) in [5.74, 6) is 0.318. The van der Waals surface area contributed by atoms with Crippen LogP contribution in [-0.4, -0.2) is 11.1 Å². The Labute approximate surface area is 94.5 Å². The summed E-state index contributed by atoms with van der Waals surface area (Å²) in [5.41, 5.74) is 5.64. The van der Waals surface area contributed by atoms with E-state index in [1.54, 1.807) is 4.57 Å². The van der Waals surface area contributed by atoms with Crippen molar-refractivity contribution in [3.8, 4) is 0 Å². The van der Waals surface area contributed by atoms with Gasteiger partial charge in [-0.2, -0.15) is 0 Å². The highest BCUT2D eigenvalue weighted by Gasteiger charge is 2.05. The van der Waals surface area contributed by atoms with Crippen molar-refractivity contribution in [1.29, 1.82) is 0 Å². The van der Waals surface area contributed by atoms with Crippen LogP contribution >= 0.6 is 0 Å². The van der Waals surface area contributed by atoms with Crippen LogP contribution in [0.2, 0.25) is 0 Å². The van der Waals surface area contributed by atoms with Crippen molar-refractivity contribution in [3.05, 3.63) is 46.9 Å². The highest BCUT2D eigenvalue weighted by Crippen LogP contribution is 2.08. The van der Waals surface area contributed by atoms with E-state index in [-0.39, 0.29) is 5.56 Å². The second-order valence-electron chi connectivity index (χ2n) is 4.20. The molecule has 0 aliphatic rings. The van der Waals surface area contributed by atoms with Crippen LogP contribution < -0.4 is 11.3 Å². The maximum absolute atomic E-state index is 12.1. The lowest BCUT2D eigenvalue weighted by atomic mass is 10.1. The van der Waals surface area contributed by atoms with E-state index in [4.69, 9.17) is 5.73 Å². The number of nitrogens with two attached hydrogens (primary N) is 1. The second kappa shape index (κ2) is 4.49. The van der Waals surface area contributed by atoms with Crippen LogP contribution in [0.5, 0.6) is 0 Å². The Hall–Kier alpha value is -1.61. The predicted octanol–water partition coefficient (Wildman–Crippen LogP) is 1.60. The van der Waals surface area contributed by atoms with E-state index in [1.165, 1.54) is 0 Å². The van der Waals surface area contributed by atoms with Gasteiger partial charge in [-0.3, -0.25) is 4.79 Å². The molecule has 1 unspecified atom stereocenters. The Morgan fingerprint density at radius 1 is 1.31 bits per heavy atom. The average molecular weight is 216 g/mol. The maximum atomic E-state index is 12.1. The molecule has 1 aromatic heterocycles. The van der Waals surface area contributed by atoms with Crippen molar-refractivity contribution in [3.63, 3.8) is 0 Å². The summed E-state index contributed by atoms with van der Waals surface area (Å²) in [6.07, 6.45) is 1.84. The van der Waals surface area contributed by atoms with Crippen molar-refractivity contribution in [2.75, 3.05) is 6.54 Å². The maximum Gasteiger partial charge on any atom is 0.258 e. The lowest BCUT2D eigenvalue weighted by Gasteiger charge is -2.11. The topological polar surface area (TPSA) is 48.0 Å². The Morgan fingerprint density at radius 3 is 2.81 bits per heavy atom. The Morgan fingerprint density at radius 2 is 2.06 bits per heavy atom. The van der Waals surface area contributed by atoms with Gasteiger partial charge in [0, 0.05) is 18.1 Å². The summed E-state index contributed by atoms with van der Waals surface area (Å²) >= 11 is 0. The van der Waals surface area contributed by atoms with Gasteiger partial charge in [0.1, 0.15) is 0 Å². The highest BCUT2D eigenvalue weighted by atomic mass is 16.1. The molecule has 0 saturated carbocycles. The minimum absolute atomic E-state index is 0.0680. The number of benzene rings is 1. The fourth-order valence-electron chi connectivity index (χ4n) is 1.78. The smallest absolute Gasteiger partial charge is 0.258 e. The summed E-state index contributed by atoms with van der Waals surface area (Å²) < 4.78 is 1.74. The van der Waals surface area contributed by atoms with Crippen molar-refractivity contribution >= 4 is 10.8 Å². The second-order valence-corrected chi connectivity index (χ2v) is 4.20. The van der Waals surface area contributed by atoms with Gasteiger partial charge in [0.05, 0.1) is 0 Å². The molecular formula is C13H16N2O. The normalized spacial score (nSPS) is 12.9. The molecule has 0 amide bonds. The van der Waals surface area contributed by atoms with E-state index in [9.17, 15) is 4.79 Å². The van der Waals surface area contributed by atoms with Crippen LogP contribution in [0.25, 0.3) is 10.8 Å². The molecule has 3 heteroatoms. The number of rotatable bonds is 3. The monoisotopic (exact) mass is 216 g/mol. The van der Waals surface area contributed by atoms with E-state index >= 15 is 0 Å². The quantitative estimate of drug-likeness (QED) is 0.847. The zero-order valence-corrected chi connectivity index (χ0v) is 9.39. The van der Waals surface area contributed by atoms with E-state index in [1.807, 2.05) is 43.5 Å². The standard InChI is InChI=1S/C13H16N2O/c1-10(8-14)9-15-7-6-11-4-2-3-5-12(11)13(15)16/h2-7,10H,8-9,14H2,1H3. The van der Waals surface area contributed by atoms with Crippen LogP contribution in [0.4, 0.5) is 0 Å². The number of hydrogen-bond acceptors (Lipinski definition) is 2. The van der Waals surface area contributed by atoms with Crippen molar-refractivity contribution in [2.45, 2.75) is 13.5 Å². The molecule has 0 radical (unpaired) electrons. The van der Waals surface area contributed by atoms with Crippen LogP contribution in [0.1, 0.15) is 6.92 Å². The predicted molar refractivity (Wildman–Crippen MR) is 66.4 cm³/mol. The van der Waals surface area contributed by atoms with Crippen LogP contribution in [0.3, 0.4) is 0 Å². The molecule has 2 aromatic rings. The van der Waals surface area contributed by atoms with E-state index in [2.05, 4.69) is 0 Å². The van der Waals surface area contributed by atoms with E-state index in [0.717, 1.165) is 10.8 Å². The fraction of sp³-hybridized carbons (Fsp3) is 0.308. The molecule has 0 aliphatic carbocycles. The molecule has 0 saturated heterocycles. The lowest BCUT2D eigenvalue weighted by Crippen LogP contribution is -2.25. The van der Waals surface area contributed by atoms with Gasteiger partial charge in [0.25, 0.3) is 5.56 Å². The number of aromatic nitrogens is 1. The van der Waals surface area contributed by atoms with Gasteiger partial charge in [-0.15, -0.1) is 0 Å². The summed E-state index contributed by atoms with van der Waals surface area (Å²) in [6.45, 7) is 3.32. The number of nitrogens with zero attached hydrogens (tertiary/aromatic N) is 1. The molecule has 1 atom stereocenters. The summed E-state index contributed by atoms with van der Waals surface area (Å²) in [6, 6.07) is 9.61. The minimum atomic E-state index is 0.0680. The Balaban J connectivity index is 2.49. The van der Waals surface area contributed by atoms with Gasteiger partial charge in [-0.1, -0.05) is 25.1 Å². The van der Waals surface area contributed by atoms with Crippen LogP contribution in [0.15, 0.2) is 41.3 Å². The van der Waals surface area contributed by atoms with Gasteiger partial charge in [-0.25, -0.2) is 0 Å². The molecule has 1 aromatic carbocycles. The summed E-state index contributed by atoms with van der Waals surface area (Å²) in [4.78, 5) is 12.1. The molecule has 0 fully saturated rings. The lowest BCUT2D eigenvalue weighted by molar-refractivity contribution is 0.484. The molecule has 3 nitrogen and oxygen atoms in total. The van der Waals surface area contributed by atoms with Crippen molar-refractivity contribution in [1.82, 2.24) is 4.57 Å². The highest BCUT2D eigenvalue weighted by molar-refractivity contribution is 5.81. The number of hydrogen-bond donors (Lipinski definition) is 1. The molecular weight excluding hydrogens is 200 g/mol. The first kappa shape index (κ1) is 10.9. The molecule has 0 aliphatic heterocycles. The molecule has 2 N–H and O–H groups in total. The molecule has 1 heterocycles. The van der Waals surface area contributed by atoms with E-state index < -0.39 is 0 Å². The molecule has 0 spiro atoms. The molecule has 16 heavy (non-hydrogen) atoms. The van der Waals surface area contributed by atoms with Gasteiger partial charge in [0.15, 0.2) is 0 Å². The van der Waals surface area contributed by atoms with Gasteiger partial charge >= 0.3 is 0 Å². The van der Waals surface area contributed by atoms with Crippen LogP contribution in [-0.2, 0) is 6.54 Å². The first-order valence-corrected chi connectivity index (χ1v) is 5.50. The van der Waals surface area contributed by atoms with Crippen LogP contribution in [0, 0.1) is 5.92 Å². The van der Waals surface area contributed by atoms with Crippen molar-refractivity contribution < 1.29 is 0 Å². The third-order valence-corrected chi connectivity index (χ3v) is 2.80. The third kappa shape index (κ3) is 1.99. The summed E-state index contributed by atoms with van der Waals surface area (Å²) in [5, 5.41) is 1.76. The number of pyridine rings is 1. The third-order valence-electron chi connectivity index (χ3n) is 2.80. The fourth-order valence-corrected chi connectivity index (χ4v) is 1.78. The van der Waals surface area contributed by atoms with Gasteiger partial charge in [0.2, 0.25) is 0 Å². The molecule has 84 valence electrons. The largest absolute Gasteiger partial charge is 0.330 e.